The number of carbonyl (C=O) groups excluding carboxylic acids is 1. The van der Waals surface area contributed by atoms with Crippen molar-refractivity contribution in [2.75, 3.05) is 25.2 Å². The summed E-state index contributed by atoms with van der Waals surface area (Å²) in [6, 6.07) is 3.68. The quantitative estimate of drug-likeness (QED) is 0.793. The Labute approximate surface area is 118 Å². The highest BCUT2D eigenvalue weighted by Crippen LogP contribution is 2.35. The number of hydrogen-bond acceptors (Lipinski definition) is 5. The third kappa shape index (κ3) is 3.32. The third-order valence-corrected chi connectivity index (χ3v) is 3.62. The molecule has 0 aromatic heterocycles. The maximum absolute atomic E-state index is 11.3. The van der Waals surface area contributed by atoms with Gasteiger partial charge >= 0.3 is 5.97 Å². The summed E-state index contributed by atoms with van der Waals surface area (Å²) < 4.78 is 16.9. The van der Waals surface area contributed by atoms with Gasteiger partial charge in [-0.2, -0.15) is 11.8 Å². The highest BCUT2D eigenvalue weighted by molar-refractivity contribution is 9.10. The van der Waals surface area contributed by atoms with Crippen LogP contribution in [0, 0.1) is 0 Å². The zero-order valence-corrected chi connectivity index (χ0v) is 12.3. The number of esters is 1. The third-order valence-electron chi connectivity index (χ3n) is 2.36. The molecule has 0 radical (unpaired) electrons. The van der Waals surface area contributed by atoms with Crippen LogP contribution in [0.3, 0.4) is 0 Å². The molecule has 4 nitrogen and oxygen atoms in total. The molecule has 2 rings (SSSR count). The molecule has 0 bridgehead atoms. The standard InChI is InChI=1S/C12H13BrO4S/c1-18-7-12(14)17-6-8-4-10-11(5-9(8)13)16-3-2-15-10/h4-5H,2-3,6-7H2,1H3. The van der Waals surface area contributed by atoms with E-state index in [-0.39, 0.29) is 12.6 Å². The minimum Gasteiger partial charge on any atom is -0.486 e. The number of fused-ring (bicyclic) bond motifs is 1. The van der Waals surface area contributed by atoms with Crippen molar-refractivity contribution in [1.29, 1.82) is 0 Å². The van der Waals surface area contributed by atoms with Gasteiger partial charge in [-0.05, 0) is 18.4 Å². The molecule has 18 heavy (non-hydrogen) atoms. The van der Waals surface area contributed by atoms with E-state index in [9.17, 15) is 4.79 Å². The van der Waals surface area contributed by atoms with Crippen molar-refractivity contribution in [1.82, 2.24) is 0 Å². The van der Waals surface area contributed by atoms with Crippen molar-refractivity contribution in [3.05, 3.63) is 22.2 Å². The fourth-order valence-corrected chi connectivity index (χ4v) is 2.29. The lowest BCUT2D eigenvalue weighted by molar-refractivity contribution is -0.141. The molecule has 0 N–H and O–H groups in total. The Bertz CT molecular complexity index is 450. The number of rotatable bonds is 4. The van der Waals surface area contributed by atoms with Gasteiger partial charge in [0.05, 0.1) is 5.75 Å². The molecular weight excluding hydrogens is 320 g/mol. The second-order valence-electron chi connectivity index (χ2n) is 3.68. The van der Waals surface area contributed by atoms with Crippen LogP contribution in [0.15, 0.2) is 16.6 Å². The molecule has 1 aliphatic rings. The Balaban J connectivity index is 2.06. The van der Waals surface area contributed by atoms with E-state index in [0.29, 0.717) is 30.5 Å². The molecule has 0 saturated carbocycles. The van der Waals surface area contributed by atoms with E-state index in [4.69, 9.17) is 14.2 Å². The summed E-state index contributed by atoms with van der Waals surface area (Å²) in [5.74, 6) is 1.55. The maximum atomic E-state index is 11.3. The molecule has 0 spiro atoms. The zero-order valence-electron chi connectivity index (χ0n) is 9.90. The summed E-state index contributed by atoms with van der Waals surface area (Å²) in [5.41, 5.74) is 0.869. The minimum atomic E-state index is -0.218. The number of carbonyl (C=O) groups is 1. The lowest BCUT2D eigenvalue weighted by Gasteiger charge is -2.19. The summed E-state index contributed by atoms with van der Waals surface area (Å²) >= 11 is 4.87. The Morgan fingerprint density at radius 2 is 2.06 bits per heavy atom. The molecular formula is C12H13BrO4S. The second-order valence-corrected chi connectivity index (χ2v) is 5.40. The van der Waals surface area contributed by atoms with Crippen LogP contribution in [0.1, 0.15) is 5.56 Å². The largest absolute Gasteiger partial charge is 0.486 e. The number of ether oxygens (including phenoxy) is 3. The van der Waals surface area contributed by atoms with Crippen molar-refractivity contribution in [3.63, 3.8) is 0 Å². The molecule has 1 heterocycles. The summed E-state index contributed by atoms with van der Waals surface area (Å²) in [6.07, 6.45) is 1.86. The average molecular weight is 333 g/mol. The van der Waals surface area contributed by atoms with Crippen molar-refractivity contribution in [2.45, 2.75) is 6.61 Å². The Morgan fingerprint density at radius 1 is 1.39 bits per heavy atom. The van der Waals surface area contributed by atoms with E-state index in [0.717, 1.165) is 10.0 Å². The molecule has 1 aliphatic heterocycles. The van der Waals surface area contributed by atoms with Crippen LogP contribution in [-0.4, -0.2) is 31.2 Å². The van der Waals surface area contributed by atoms with Crippen LogP contribution in [0.4, 0.5) is 0 Å². The van der Waals surface area contributed by atoms with Gasteiger partial charge in [0.2, 0.25) is 0 Å². The van der Waals surface area contributed by atoms with E-state index < -0.39 is 0 Å². The Morgan fingerprint density at radius 3 is 2.72 bits per heavy atom. The van der Waals surface area contributed by atoms with Gasteiger partial charge in [-0.25, -0.2) is 0 Å². The van der Waals surface area contributed by atoms with Crippen molar-refractivity contribution < 1.29 is 19.0 Å². The average Bonchev–Trinajstić information content (AvgIpc) is 2.36. The predicted molar refractivity (Wildman–Crippen MR) is 73.3 cm³/mol. The molecule has 1 aromatic carbocycles. The van der Waals surface area contributed by atoms with Gasteiger partial charge in [0.1, 0.15) is 19.8 Å². The SMILES string of the molecule is CSCC(=O)OCc1cc2c(cc1Br)OCCO2. The first-order valence-corrected chi connectivity index (χ1v) is 7.62. The van der Waals surface area contributed by atoms with Gasteiger partial charge in [-0.3, -0.25) is 4.79 Å². The number of halogens is 1. The van der Waals surface area contributed by atoms with E-state index in [1.54, 1.807) is 0 Å². The van der Waals surface area contributed by atoms with E-state index in [1.165, 1.54) is 11.8 Å². The minimum absolute atomic E-state index is 0.218. The summed E-state index contributed by atoms with van der Waals surface area (Å²) in [5, 5.41) is 0. The van der Waals surface area contributed by atoms with Gasteiger partial charge in [0.25, 0.3) is 0 Å². The molecule has 0 saturated heterocycles. The number of benzene rings is 1. The first-order valence-electron chi connectivity index (χ1n) is 5.43. The van der Waals surface area contributed by atoms with Crippen LogP contribution in [0.5, 0.6) is 11.5 Å². The summed E-state index contributed by atoms with van der Waals surface area (Å²) in [7, 11) is 0. The predicted octanol–water partition coefficient (Wildman–Crippen LogP) is 2.63. The Hall–Kier alpha value is -0.880. The monoisotopic (exact) mass is 332 g/mol. The molecule has 1 aromatic rings. The summed E-state index contributed by atoms with van der Waals surface area (Å²) in [4.78, 5) is 11.3. The highest BCUT2D eigenvalue weighted by atomic mass is 79.9. The zero-order chi connectivity index (χ0) is 13.0. The van der Waals surface area contributed by atoms with Crippen molar-refractivity contribution in [3.8, 4) is 11.5 Å². The van der Waals surface area contributed by atoms with Crippen molar-refractivity contribution in [2.24, 2.45) is 0 Å². The van der Waals surface area contributed by atoms with E-state index in [2.05, 4.69) is 15.9 Å². The smallest absolute Gasteiger partial charge is 0.316 e. The molecule has 0 amide bonds. The lowest BCUT2D eigenvalue weighted by Crippen LogP contribution is -2.16. The van der Waals surface area contributed by atoms with Crippen LogP contribution in [-0.2, 0) is 16.1 Å². The highest BCUT2D eigenvalue weighted by Gasteiger charge is 2.15. The van der Waals surface area contributed by atoms with Gasteiger partial charge in [0.15, 0.2) is 11.5 Å². The van der Waals surface area contributed by atoms with Crippen molar-refractivity contribution >= 4 is 33.7 Å². The van der Waals surface area contributed by atoms with Crippen LogP contribution in [0.2, 0.25) is 0 Å². The second kappa shape index (κ2) is 6.33. The maximum Gasteiger partial charge on any atom is 0.316 e. The Kier molecular flexibility index (Phi) is 4.77. The van der Waals surface area contributed by atoms with Crippen LogP contribution in [0.25, 0.3) is 0 Å². The fraction of sp³-hybridized carbons (Fsp3) is 0.417. The van der Waals surface area contributed by atoms with Gasteiger partial charge in [-0.15, -0.1) is 0 Å². The van der Waals surface area contributed by atoms with Crippen LogP contribution < -0.4 is 9.47 Å². The fourth-order valence-electron chi connectivity index (χ4n) is 1.53. The molecule has 98 valence electrons. The van der Waals surface area contributed by atoms with Gasteiger partial charge in [0, 0.05) is 10.0 Å². The first kappa shape index (κ1) is 13.5. The first-order chi connectivity index (χ1) is 8.70. The topological polar surface area (TPSA) is 44.8 Å². The summed E-state index contributed by atoms with van der Waals surface area (Å²) in [6.45, 7) is 1.33. The van der Waals surface area contributed by atoms with Gasteiger partial charge in [-0.1, -0.05) is 15.9 Å². The molecule has 0 atom stereocenters. The molecule has 0 unspecified atom stereocenters. The van der Waals surface area contributed by atoms with E-state index in [1.807, 2.05) is 18.4 Å². The van der Waals surface area contributed by atoms with E-state index >= 15 is 0 Å². The van der Waals surface area contributed by atoms with Gasteiger partial charge < -0.3 is 14.2 Å². The normalized spacial score (nSPS) is 13.2. The molecule has 0 fully saturated rings. The number of hydrogen-bond donors (Lipinski definition) is 0. The number of thioether (sulfide) groups is 1. The van der Waals surface area contributed by atoms with Crippen LogP contribution >= 0.6 is 27.7 Å². The lowest BCUT2D eigenvalue weighted by atomic mass is 10.2. The molecule has 0 aliphatic carbocycles. The molecule has 6 heteroatoms.